The Balaban J connectivity index is 4.05. The molecular formula is C12H26N2OS. The van der Waals surface area contributed by atoms with Crippen molar-refractivity contribution in [1.29, 1.82) is 0 Å². The van der Waals surface area contributed by atoms with Gasteiger partial charge in [0.1, 0.15) is 0 Å². The second-order valence-electron chi connectivity index (χ2n) is 5.74. The van der Waals surface area contributed by atoms with Crippen molar-refractivity contribution in [1.82, 2.24) is 4.90 Å². The van der Waals surface area contributed by atoms with Crippen LogP contribution in [-0.4, -0.2) is 40.7 Å². The number of rotatable bonds is 7. The maximum atomic E-state index is 9.23. The maximum Gasteiger partial charge on any atom is 0.0784 e. The van der Waals surface area contributed by atoms with Crippen molar-refractivity contribution in [3.05, 3.63) is 0 Å². The van der Waals surface area contributed by atoms with Crippen LogP contribution in [-0.2, 0) is 0 Å². The van der Waals surface area contributed by atoms with Gasteiger partial charge in [0.25, 0.3) is 0 Å². The fourth-order valence-electron chi connectivity index (χ4n) is 1.30. The van der Waals surface area contributed by atoms with E-state index in [0.29, 0.717) is 4.99 Å². The molecule has 3 nitrogen and oxygen atoms in total. The van der Waals surface area contributed by atoms with Gasteiger partial charge in [0.2, 0.25) is 0 Å². The number of nitrogens with two attached hydrogens (primary N) is 1. The normalized spacial score (nSPS) is 13.2. The average Bonchev–Trinajstić information content (AvgIpc) is 2.17. The SMILES string of the molecule is CN(CCCC(C)(C)C(N)=S)C(C)(C)CO. The van der Waals surface area contributed by atoms with Crippen LogP contribution in [0.5, 0.6) is 0 Å². The number of aliphatic hydroxyl groups excluding tert-OH is 1. The van der Waals surface area contributed by atoms with E-state index in [2.05, 4.69) is 18.7 Å². The molecule has 0 bridgehead atoms. The first kappa shape index (κ1) is 15.8. The van der Waals surface area contributed by atoms with E-state index in [4.69, 9.17) is 18.0 Å². The predicted octanol–water partition coefficient (Wildman–Crippen LogP) is 1.78. The first-order valence-electron chi connectivity index (χ1n) is 5.75. The highest BCUT2D eigenvalue weighted by Crippen LogP contribution is 2.23. The maximum absolute atomic E-state index is 9.23. The predicted molar refractivity (Wildman–Crippen MR) is 73.6 cm³/mol. The molecular weight excluding hydrogens is 220 g/mol. The lowest BCUT2D eigenvalue weighted by atomic mass is 9.87. The Kier molecular flexibility index (Phi) is 5.87. The molecule has 0 aliphatic heterocycles. The van der Waals surface area contributed by atoms with Gasteiger partial charge in [0, 0.05) is 11.0 Å². The number of thiocarbonyl (C=S) groups is 1. The van der Waals surface area contributed by atoms with E-state index in [0.717, 1.165) is 19.4 Å². The Morgan fingerprint density at radius 1 is 1.31 bits per heavy atom. The summed E-state index contributed by atoms with van der Waals surface area (Å²) in [6.45, 7) is 9.33. The third-order valence-electron chi connectivity index (χ3n) is 3.38. The standard InChI is InChI=1S/C12H26N2OS/c1-11(2,10(13)16)7-6-8-14(5)12(3,4)9-15/h15H,6-9H2,1-5H3,(H2,13,16). The first-order valence-corrected chi connectivity index (χ1v) is 6.16. The van der Waals surface area contributed by atoms with Gasteiger partial charge in [0.15, 0.2) is 0 Å². The molecule has 0 fully saturated rings. The average molecular weight is 246 g/mol. The zero-order valence-electron chi connectivity index (χ0n) is 11.2. The van der Waals surface area contributed by atoms with Gasteiger partial charge in [-0.25, -0.2) is 0 Å². The second-order valence-corrected chi connectivity index (χ2v) is 6.18. The first-order chi connectivity index (χ1) is 7.13. The number of nitrogens with zero attached hydrogens (tertiary/aromatic N) is 1. The smallest absolute Gasteiger partial charge is 0.0784 e. The third kappa shape index (κ3) is 4.76. The molecule has 0 aromatic heterocycles. The molecule has 0 aliphatic carbocycles. The van der Waals surface area contributed by atoms with Gasteiger partial charge in [-0.15, -0.1) is 0 Å². The Bertz CT molecular complexity index is 239. The molecule has 0 radical (unpaired) electrons. The van der Waals surface area contributed by atoms with Crippen molar-refractivity contribution < 1.29 is 5.11 Å². The lowest BCUT2D eigenvalue weighted by Gasteiger charge is -2.34. The summed E-state index contributed by atoms with van der Waals surface area (Å²) in [7, 11) is 2.03. The molecule has 4 heteroatoms. The highest BCUT2D eigenvalue weighted by Gasteiger charge is 2.24. The lowest BCUT2D eigenvalue weighted by Crippen LogP contribution is -2.45. The summed E-state index contributed by atoms with van der Waals surface area (Å²) >= 11 is 5.03. The van der Waals surface area contributed by atoms with Crippen LogP contribution in [0.25, 0.3) is 0 Å². The van der Waals surface area contributed by atoms with Gasteiger partial charge >= 0.3 is 0 Å². The fraction of sp³-hybridized carbons (Fsp3) is 0.917. The molecule has 0 unspecified atom stereocenters. The van der Waals surface area contributed by atoms with Crippen molar-refractivity contribution >= 4 is 17.2 Å². The van der Waals surface area contributed by atoms with Gasteiger partial charge in [-0.1, -0.05) is 26.1 Å². The summed E-state index contributed by atoms with van der Waals surface area (Å²) in [6.07, 6.45) is 2.01. The number of likely N-dealkylation sites (N-methyl/N-ethyl adjacent to an activating group) is 1. The summed E-state index contributed by atoms with van der Waals surface area (Å²) in [5.41, 5.74) is 5.45. The molecule has 0 saturated carbocycles. The number of aliphatic hydroxyl groups is 1. The van der Waals surface area contributed by atoms with Gasteiger partial charge < -0.3 is 10.8 Å². The second kappa shape index (κ2) is 5.94. The van der Waals surface area contributed by atoms with Crippen LogP contribution in [0.15, 0.2) is 0 Å². The number of hydrogen-bond acceptors (Lipinski definition) is 3. The van der Waals surface area contributed by atoms with Gasteiger partial charge in [-0.3, -0.25) is 4.90 Å². The van der Waals surface area contributed by atoms with Crippen LogP contribution in [0.4, 0.5) is 0 Å². The molecule has 0 aliphatic rings. The molecule has 0 amide bonds. The monoisotopic (exact) mass is 246 g/mol. The molecule has 3 N–H and O–H groups in total. The summed E-state index contributed by atoms with van der Waals surface area (Å²) < 4.78 is 0. The Morgan fingerprint density at radius 2 is 1.81 bits per heavy atom. The molecule has 16 heavy (non-hydrogen) atoms. The topological polar surface area (TPSA) is 49.5 Å². The van der Waals surface area contributed by atoms with Crippen LogP contribution in [0.3, 0.4) is 0 Å². The Morgan fingerprint density at radius 3 is 2.19 bits per heavy atom. The molecule has 0 rings (SSSR count). The Hall–Kier alpha value is -0.190. The fourth-order valence-corrected chi connectivity index (χ4v) is 1.41. The molecule has 0 saturated heterocycles. The molecule has 0 spiro atoms. The van der Waals surface area contributed by atoms with Crippen LogP contribution in [0.1, 0.15) is 40.5 Å². The molecule has 96 valence electrons. The van der Waals surface area contributed by atoms with E-state index in [1.54, 1.807) is 0 Å². The molecule has 0 aromatic carbocycles. The zero-order chi connectivity index (χ0) is 13.0. The van der Waals surface area contributed by atoms with E-state index >= 15 is 0 Å². The van der Waals surface area contributed by atoms with E-state index < -0.39 is 0 Å². The van der Waals surface area contributed by atoms with Crippen LogP contribution in [0, 0.1) is 5.41 Å². The Labute approximate surface area is 105 Å². The molecule has 0 heterocycles. The highest BCUT2D eigenvalue weighted by molar-refractivity contribution is 7.80. The van der Waals surface area contributed by atoms with Crippen molar-refractivity contribution in [3.63, 3.8) is 0 Å². The third-order valence-corrected chi connectivity index (χ3v) is 3.94. The minimum Gasteiger partial charge on any atom is -0.394 e. The molecule has 0 atom stereocenters. The van der Waals surface area contributed by atoms with E-state index in [1.807, 2.05) is 20.9 Å². The van der Waals surface area contributed by atoms with Gasteiger partial charge in [0.05, 0.1) is 11.6 Å². The lowest BCUT2D eigenvalue weighted by molar-refractivity contribution is 0.0764. The zero-order valence-corrected chi connectivity index (χ0v) is 12.0. The number of hydrogen-bond donors (Lipinski definition) is 2. The van der Waals surface area contributed by atoms with Crippen LogP contribution in [0.2, 0.25) is 0 Å². The van der Waals surface area contributed by atoms with Crippen molar-refractivity contribution in [2.24, 2.45) is 11.1 Å². The summed E-state index contributed by atoms with van der Waals surface area (Å²) in [5, 5.41) is 9.23. The van der Waals surface area contributed by atoms with E-state index in [-0.39, 0.29) is 17.6 Å². The van der Waals surface area contributed by atoms with Crippen molar-refractivity contribution in [2.75, 3.05) is 20.2 Å². The van der Waals surface area contributed by atoms with E-state index in [9.17, 15) is 5.11 Å². The summed E-state index contributed by atoms with van der Waals surface area (Å²) in [6, 6.07) is 0. The quantitative estimate of drug-likeness (QED) is 0.672. The largest absolute Gasteiger partial charge is 0.394 e. The summed E-state index contributed by atoms with van der Waals surface area (Å²) in [5.74, 6) is 0. The molecule has 0 aromatic rings. The van der Waals surface area contributed by atoms with Crippen LogP contribution < -0.4 is 5.73 Å². The van der Waals surface area contributed by atoms with Crippen molar-refractivity contribution in [3.8, 4) is 0 Å². The van der Waals surface area contributed by atoms with Gasteiger partial charge in [-0.05, 0) is 40.3 Å². The van der Waals surface area contributed by atoms with Crippen molar-refractivity contribution in [2.45, 2.75) is 46.1 Å². The minimum atomic E-state index is -0.159. The highest BCUT2D eigenvalue weighted by atomic mass is 32.1. The van der Waals surface area contributed by atoms with E-state index in [1.165, 1.54) is 0 Å². The summed E-state index contributed by atoms with van der Waals surface area (Å²) in [4.78, 5) is 2.75. The van der Waals surface area contributed by atoms with Crippen LogP contribution >= 0.6 is 12.2 Å². The van der Waals surface area contributed by atoms with Gasteiger partial charge in [-0.2, -0.15) is 0 Å². The minimum absolute atomic E-state index is 0.0699.